The van der Waals surface area contributed by atoms with Gasteiger partial charge in [-0.3, -0.25) is 9.52 Å². The third-order valence-electron chi connectivity index (χ3n) is 4.47. The number of thiophene rings is 1. The van der Waals surface area contributed by atoms with Crippen LogP contribution in [-0.4, -0.2) is 26.3 Å². The van der Waals surface area contributed by atoms with Crippen molar-refractivity contribution in [3.63, 3.8) is 0 Å². The van der Waals surface area contributed by atoms with Crippen molar-refractivity contribution in [2.45, 2.75) is 33.1 Å². The minimum Gasteiger partial charge on any atom is -0.284 e. The maximum atomic E-state index is 12.4. The number of hydrazone groups is 1. The summed E-state index contributed by atoms with van der Waals surface area (Å²) in [6, 6.07) is 8.86. The average Bonchev–Trinajstić information content (AvgIpc) is 3.01. The van der Waals surface area contributed by atoms with Gasteiger partial charge < -0.3 is 0 Å². The van der Waals surface area contributed by atoms with Crippen LogP contribution in [0.5, 0.6) is 0 Å². The van der Waals surface area contributed by atoms with Crippen molar-refractivity contribution in [2.24, 2.45) is 11.0 Å². The first kappa shape index (κ1) is 19.6. The fraction of sp³-hybridized carbons (Fsp3) is 0.368. The highest BCUT2D eigenvalue weighted by atomic mass is 32.2. The molecule has 1 aliphatic rings. The molecule has 144 valence electrons. The number of carbonyl (C=O) groups excluding carboxylic acids is 1. The summed E-state index contributed by atoms with van der Waals surface area (Å²) in [5.41, 5.74) is 5.66. The van der Waals surface area contributed by atoms with Crippen molar-refractivity contribution in [1.82, 2.24) is 5.43 Å². The molecule has 3 rings (SSSR count). The molecule has 0 fully saturated rings. The lowest BCUT2D eigenvalue weighted by atomic mass is 9.90. The van der Waals surface area contributed by atoms with Crippen molar-refractivity contribution in [2.75, 3.05) is 11.0 Å². The quantitative estimate of drug-likeness (QED) is 0.590. The standard InChI is InChI=1S/C19H23N3O3S2/c1-12-7-8-15-11-18(26-17(15)9-12)19(23)21-20-13(2)14-5-4-6-16(10-14)22-27(3,24)25/h4-6,10-12,22H,7-9H2,1-3H3,(H,21,23)/b20-13+. The first-order valence-electron chi connectivity index (χ1n) is 8.75. The Morgan fingerprint density at radius 3 is 2.81 bits per heavy atom. The number of sulfonamides is 1. The Morgan fingerprint density at radius 2 is 2.07 bits per heavy atom. The predicted molar refractivity (Wildman–Crippen MR) is 110 cm³/mol. The van der Waals surface area contributed by atoms with Gasteiger partial charge in [0.2, 0.25) is 10.0 Å². The molecule has 1 heterocycles. The van der Waals surface area contributed by atoms with Gasteiger partial charge in [-0.15, -0.1) is 11.3 Å². The fourth-order valence-electron chi connectivity index (χ4n) is 3.06. The molecule has 0 bridgehead atoms. The van der Waals surface area contributed by atoms with E-state index in [4.69, 9.17) is 0 Å². The molecule has 2 N–H and O–H groups in total. The van der Waals surface area contributed by atoms with E-state index in [1.165, 1.54) is 16.9 Å². The normalized spacial score (nSPS) is 17.3. The van der Waals surface area contributed by atoms with Crippen LogP contribution in [0.1, 0.15) is 45.9 Å². The first-order chi connectivity index (χ1) is 12.7. The van der Waals surface area contributed by atoms with Crippen LogP contribution in [0, 0.1) is 5.92 Å². The zero-order valence-electron chi connectivity index (χ0n) is 15.6. The van der Waals surface area contributed by atoms with E-state index in [-0.39, 0.29) is 5.91 Å². The molecule has 1 aromatic carbocycles. The van der Waals surface area contributed by atoms with Gasteiger partial charge in [-0.25, -0.2) is 13.8 Å². The van der Waals surface area contributed by atoms with E-state index in [2.05, 4.69) is 22.2 Å². The molecule has 0 spiro atoms. The molecule has 0 saturated heterocycles. The number of rotatable bonds is 5. The first-order valence-corrected chi connectivity index (χ1v) is 11.5. The van der Waals surface area contributed by atoms with Gasteiger partial charge in [-0.05, 0) is 61.4 Å². The zero-order chi connectivity index (χ0) is 19.6. The molecule has 1 aromatic heterocycles. The molecular weight excluding hydrogens is 382 g/mol. The zero-order valence-corrected chi connectivity index (χ0v) is 17.2. The number of carbonyl (C=O) groups is 1. The number of nitrogens with zero attached hydrogens (tertiary/aromatic N) is 1. The second-order valence-electron chi connectivity index (χ2n) is 7.00. The Balaban J connectivity index is 1.70. The van der Waals surface area contributed by atoms with Gasteiger partial charge in [0, 0.05) is 10.6 Å². The van der Waals surface area contributed by atoms with Crippen LogP contribution < -0.4 is 10.1 Å². The number of amides is 1. The van der Waals surface area contributed by atoms with Gasteiger partial charge in [0.1, 0.15) is 0 Å². The smallest absolute Gasteiger partial charge is 0.281 e. The Bertz CT molecular complexity index is 993. The van der Waals surface area contributed by atoms with E-state index in [1.54, 1.807) is 36.5 Å². The summed E-state index contributed by atoms with van der Waals surface area (Å²) in [5, 5.41) is 4.18. The van der Waals surface area contributed by atoms with Crippen LogP contribution in [0.15, 0.2) is 35.4 Å². The third kappa shape index (κ3) is 5.17. The molecular formula is C19H23N3O3S2. The van der Waals surface area contributed by atoms with Crippen molar-refractivity contribution in [3.05, 3.63) is 51.2 Å². The summed E-state index contributed by atoms with van der Waals surface area (Å²) >= 11 is 1.55. The molecule has 1 amide bonds. The van der Waals surface area contributed by atoms with Gasteiger partial charge in [0.15, 0.2) is 0 Å². The minimum atomic E-state index is -3.35. The van der Waals surface area contributed by atoms with E-state index in [9.17, 15) is 13.2 Å². The maximum absolute atomic E-state index is 12.4. The molecule has 0 radical (unpaired) electrons. The lowest BCUT2D eigenvalue weighted by Crippen LogP contribution is -2.18. The van der Waals surface area contributed by atoms with E-state index in [1.807, 2.05) is 12.1 Å². The molecule has 2 aromatic rings. The Kier molecular flexibility index (Phi) is 5.67. The minimum absolute atomic E-state index is 0.216. The average molecular weight is 406 g/mol. The van der Waals surface area contributed by atoms with Crippen LogP contribution in [0.4, 0.5) is 5.69 Å². The largest absolute Gasteiger partial charge is 0.284 e. The highest BCUT2D eigenvalue weighted by molar-refractivity contribution is 7.92. The van der Waals surface area contributed by atoms with Crippen molar-refractivity contribution in [1.29, 1.82) is 0 Å². The second kappa shape index (κ2) is 7.82. The summed E-state index contributed by atoms with van der Waals surface area (Å²) in [5.74, 6) is 0.451. The lowest BCUT2D eigenvalue weighted by Gasteiger charge is -2.16. The third-order valence-corrected chi connectivity index (χ3v) is 6.27. The van der Waals surface area contributed by atoms with Crippen LogP contribution in [-0.2, 0) is 22.9 Å². The molecule has 27 heavy (non-hydrogen) atoms. The second-order valence-corrected chi connectivity index (χ2v) is 9.89. The van der Waals surface area contributed by atoms with E-state index < -0.39 is 10.0 Å². The topological polar surface area (TPSA) is 87.6 Å². The highest BCUT2D eigenvalue weighted by Crippen LogP contribution is 2.32. The van der Waals surface area contributed by atoms with Gasteiger partial charge in [-0.1, -0.05) is 19.1 Å². The molecule has 8 heteroatoms. The summed E-state index contributed by atoms with van der Waals surface area (Å²) in [7, 11) is -3.35. The molecule has 1 atom stereocenters. The van der Waals surface area contributed by atoms with Crippen molar-refractivity contribution in [3.8, 4) is 0 Å². The van der Waals surface area contributed by atoms with E-state index >= 15 is 0 Å². The fourth-order valence-corrected chi connectivity index (χ4v) is 4.88. The Labute approximate surface area is 163 Å². The van der Waals surface area contributed by atoms with E-state index in [0.29, 0.717) is 22.2 Å². The predicted octanol–water partition coefficient (Wildman–Crippen LogP) is 3.40. The summed E-state index contributed by atoms with van der Waals surface area (Å²) in [4.78, 5) is 14.4. The van der Waals surface area contributed by atoms with Gasteiger partial charge >= 0.3 is 0 Å². The lowest BCUT2D eigenvalue weighted by molar-refractivity contribution is 0.0959. The van der Waals surface area contributed by atoms with Crippen LogP contribution in [0.3, 0.4) is 0 Å². The van der Waals surface area contributed by atoms with E-state index in [0.717, 1.165) is 24.7 Å². The maximum Gasteiger partial charge on any atom is 0.281 e. The monoisotopic (exact) mass is 405 g/mol. The number of fused-ring (bicyclic) bond motifs is 1. The Hall–Kier alpha value is -2.19. The number of aryl methyl sites for hydroxylation is 1. The molecule has 0 saturated carbocycles. The van der Waals surface area contributed by atoms with Gasteiger partial charge in [0.25, 0.3) is 5.91 Å². The number of hydrogen-bond acceptors (Lipinski definition) is 5. The van der Waals surface area contributed by atoms with Crippen LogP contribution in [0.2, 0.25) is 0 Å². The summed E-state index contributed by atoms with van der Waals surface area (Å²) < 4.78 is 25.2. The number of nitrogens with one attached hydrogen (secondary N) is 2. The van der Waals surface area contributed by atoms with Gasteiger partial charge in [0.05, 0.1) is 16.8 Å². The van der Waals surface area contributed by atoms with Crippen LogP contribution >= 0.6 is 11.3 Å². The molecule has 1 aliphatic carbocycles. The molecule has 0 aliphatic heterocycles. The Morgan fingerprint density at radius 1 is 1.30 bits per heavy atom. The van der Waals surface area contributed by atoms with Crippen molar-refractivity contribution >= 4 is 38.7 Å². The van der Waals surface area contributed by atoms with Crippen molar-refractivity contribution < 1.29 is 13.2 Å². The SMILES string of the molecule is C/C(=N\NC(=O)c1cc2c(s1)CC(C)CC2)c1cccc(NS(C)(=O)=O)c1. The number of benzene rings is 1. The van der Waals surface area contributed by atoms with Crippen LogP contribution in [0.25, 0.3) is 0 Å². The molecule has 6 nitrogen and oxygen atoms in total. The number of anilines is 1. The highest BCUT2D eigenvalue weighted by Gasteiger charge is 2.20. The molecule has 1 unspecified atom stereocenters. The summed E-state index contributed by atoms with van der Waals surface area (Å²) in [6.45, 7) is 4.00. The van der Waals surface area contributed by atoms with Gasteiger partial charge in [-0.2, -0.15) is 5.10 Å². The summed E-state index contributed by atoms with van der Waals surface area (Å²) in [6.07, 6.45) is 4.33. The number of hydrogen-bond donors (Lipinski definition) is 2.